The third-order valence-electron chi connectivity index (χ3n) is 18.9. The molecule has 42 heteroatoms. The van der Waals surface area contributed by atoms with Crippen LogP contribution < -0.4 is 86.3 Å². The number of aliphatic hydroxyl groups excluding tert-OH is 1. The number of nitrogens with two attached hydrogens (primary N) is 3. The van der Waals surface area contributed by atoms with E-state index >= 15 is 19.2 Å². The van der Waals surface area contributed by atoms with Gasteiger partial charge in [0, 0.05) is 96.2 Å². The lowest BCUT2D eigenvalue weighted by molar-refractivity contribution is -0.142. The minimum Gasteiger partial charge on any atom is -0.481 e. The molecule has 0 aliphatic carbocycles. The van der Waals surface area contributed by atoms with Crippen molar-refractivity contribution < 1.29 is 86.9 Å². The van der Waals surface area contributed by atoms with Crippen LogP contribution in [0.25, 0.3) is 10.9 Å². The van der Waals surface area contributed by atoms with E-state index in [0.717, 1.165) is 42.2 Å². The molecule has 13 atom stereocenters. The number of hydrogen-bond acceptors (Lipinski definition) is 22. The van der Waals surface area contributed by atoms with Gasteiger partial charge in [-0.3, -0.25) is 82.1 Å². The topological polar surface area (TPSA) is 620 Å². The Kier molecular flexibility index (Phi) is 35.6. The van der Waals surface area contributed by atoms with Gasteiger partial charge in [-0.1, -0.05) is 52.0 Å². The summed E-state index contributed by atoms with van der Waals surface area (Å²) in [7, 11) is 0. The molecule has 0 radical (unpaired) electrons. The molecule has 5 heterocycles. The number of rotatable bonds is 20. The van der Waals surface area contributed by atoms with E-state index in [2.05, 4.69) is 84.1 Å². The maximum absolute atomic E-state index is 15.5. The van der Waals surface area contributed by atoms with Crippen LogP contribution in [0.5, 0.6) is 0 Å². The first-order valence-corrected chi connectivity index (χ1v) is 41.2. The molecule has 4 bridgehead atoms. The second-order valence-electron chi connectivity index (χ2n) is 29.4. The van der Waals surface area contributed by atoms with Gasteiger partial charge in [-0.05, 0) is 98.6 Å². The number of aliphatic carboxylic acids is 1. The molecule has 632 valence electrons. The second kappa shape index (κ2) is 44.8. The number of carbonyl (C=O) groups is 16. The van der Waals surface area contributed by atoms with Crippen molar-refractivity contribution in [2.45, 2.75) is 207 Å². The van der Waals surface area contributed by atoms with E-state index in [9.17, 15) is 67.7 Å². The zero-order valence-electron chi connectivity index (χ0n) is 65.1. The fraction of sp³-hybridized carbons (Fsp3) is 0.541. The molecule has 3 aliphatic rings. The van der Waals surface area contributed by atoms with Gasteiger partial charge >= 0.3 is 5.97 Å². The Hall–Kier alpha value is -11.0. The SMILES string of the molecule is CC(=O)NC1CSCc2cc3cc(c2)SCC(NC(=O)C(CCCNC(=N)N)NC(=O)C(C)NC(=O)C2CCCN2C(=O)C(Cc2c[nH]c4ccccc24)NC(=O)C(CO)NC1=O)C(=O)NC(CC(C)C)C(=O)NC(Cc1c[nH]cn1)C(=O)NC(CCC(N)=O)C(=O)NC(CC(=O)O)C(=O)NC(CC(C)C)C(=O)NC(C(N)=O)CSC3. The molecule has 39 nitrogen and oxygen atoms in total. The van der Waals surface area contributed by atoms with Gasteiger partial charge in [-0.15, -0.1) is 11.8 Å². The predicted octanol–water partition coefficient (Wildman–Crippen LogP) is -3.62. The fourth-order valence-electron chi connectivity index (χ4n) is 13.1. The number of imidazole rings is 1. The summed E-state index contributed by atoms with van der Waals surface area (Å²) in [6, 6.07) is -8.00. The lowest BCUT2D eigenvalue weighted by Crippen LogP contribution is -2.61. The molecule has 116 heavy (non-hydrogen) atoms. The van der Waals surface area contributed by atoms with E-state index < -0.39 is 217 Å². The molecule has 7 rings (SSSR count). The maximum Gasteiger partial charge on any atom is 0.305 e. The highest BCUT2D eigenvalue weighted by atomic mass is 32.2. The number of primary amides is 2. The zero-order valence-corrected chi connectivity index (χ0v) is 67.6. The van der Waals surface area contributed by atoms with Crippen molar-refractivity contribution in [3.05, 3.63) is 83.6 Å². The Bertz CT molecular complexity index is 4220. The van der Waals surface area contributed by atoms with Gasteiger partial charge < -0.3 is 111 Å². The molecule has 1 saturated heterocycles. The fourth-order valence-corrected chi connectivity index (χ4v) is 16.1. The van der Waals surface area contributed by atoms with Gasteiger partial charge in [0.1, 0.15) is 78.5 Å². The van der Waals surface area contributed by atoms with Crippen LogP contribution in [-0.4, -0.2) is 246 Å². The van der Waals surface area contributed by atoms with Crippen molar-refractivity contribution in [2.75, 3.05) is 37.0 Å². The number of nitrogens with one attached hydrogen (secondary N) is 16. The number of carboxylic acid groups (broad SMARTS) is 1. The Morgan fingerprint density at radius 1 is 0.629 bits per heavy atom. The lowest BCUT2D eigenvalue weighted by Gasteiger charge is -2.30. The number of aromatic nitrogens is 3. The number of guanidine groups is 1. The molecule has 13 unspecified atom stereocenters. The monoisotopic (exact) mass is 1670 g/mol. The summed E-state index contributed by atoms with van der Waals surface area (Å²) in [6.45, 7) is 8.35. The number of carboxylic acids is 1. The number of para-hydroxylation sites is 1. The van der Waals surface area contributed by atoms with Gasteiger partial charge in [0.25, 0.3) is 0 Å². The lowest BCUT2D eigenvalue weighted by atomic mass is 10.0. The van der Waals surface area contributed by atoms with Crippen LogP contribution in [0.15, 0.2) is 66.1 Å². The van der Waals surface area contributed by atoms with Crippen molar-refractivity contribution in [3.8, 4) is 0 Å². The van der Waals surface area contributed by atoms with Gasteiger partial charge in [0.05, 0.1) is 25.0 Å². The average Bonchev–Trinajstić information content (AvgIpc) is 1.57. The number of nitrogens with zero attached hydrogens (tertiary/aromatic N) is 2. The van der Waals surface area contributed by atoms with Crippen molar-refractivity contribution in [3.63, 3.8) is 0 Å². The zero-order chi connectivity index (χ0) is 85.0. The maximum atomic E-state index is 15.5. The highest BCUT2D eigenvalue weighted by Gasteiger charge is 2.42. The summed E-state index contributed by atoms with van der Waals surface area (Å²) < 4.78 is 0. The van der Waals surface area contributed by atoms with E-state index in [0.29, 0.717) is 38.9 Å². The van der Waals surface area contributed by atoms with Crippen LogP contribution >= 0.6 is 35.3 Å². The van der Waals surface area contributed by atoms with Gasteiger partial charge in [0.15, 0.2) is 5.96 Å². The molecule has 1 fully saturated rings. The standard InChI is InChI=1S/C74H105N21O18S3/c1-36(2)19-49-65(105)89-51(25-43-28-79-35-82-43)67(107)86-48(15-16-59(75)98)64(104)90-52(26-60(99)100)68(108)87-50(20-37(3)4)66(106)93-55(61(76)101)32-114-30-40-21-41-23-44(22-40)116-34-57(71(111)88-49)94-63(103)47(13-9-17-80-74(77)78)85-62(102)38(5)83-72(112)58-14-10-18-95(58)73(113)53(24-42-27-81-46-12-8-7-11-45(42)46)91-69(109)54(29-96)92-70(110)56(33-115-31-41)84-39(6)97/h7-8,11-12,21-23,27-28,35-38,47-58,81,96H,9-10,13-20,24-26,29-34H2,1-6H3,(H2,75,98)(H2,76,101)(H,79,82)(H,83,112)(H,84,97)(H,85,102)(H,86,107)(H,87,108)(H,88,111)(H,89,105)(H,90,104)(H,91,109)(H,92,110)(H,93,106)(H,94,103)(H,99,100)(H4,77,78,80). The molecule has 24 N–H and O–H groups in total. The molecule has 0 saturated carbocycles. The molecule has 4 aromatic rings. The number of amides is 15. The largest absolute Gasteiger partial charge is 0.481 e. The molecule has 0 spiro atoms. The summed E-state index contributed by atoms with van der Waals surface area (Å²) in [4.78, 5) is 239. The number of H-pyrrole nitrogens is 2. The number of hydrogen-bond donors (Lipinski definition) is 21. The van der Waals surface area contributed by atoms with Crippen molar-refractivity contribution in [1.82, 2.24) is 89.0 Å². The van der Waals surface area contributed by atoms with E-state index in [-0.39, 0.29) is 92.0 Å². The van der Waals surface area contributed by atoms with Crippen LogP contribution in [0.1, 0.15) is 122 Å². The van der Waals surface area contributed by atoms with Crippen molar-refractivity contribution in [2.24, 2.45) is 29.0 Å². The van der Waals surface area contributed by atoms with Gasteiger partial charge in [0.2, 0.25) is 88.6 Å². The molecule has 15 amide bonds. The van der Waals surface area contributed by atoms with Crippen LogP contribution in [0.2, 0.25) is 0 Å². The molecule has 3 aliphatic heterocycles. The summed E-state index contributed by atoms with van der Waals surface area (Å²) in [5.41, 5.74) is 19.6. The first kappa shape index (κ1) is 92.2. The van der Waals surface area contributed by atoms with Gasteiger partial charge in [-0.25, -0.2) is 4.98 Å². The number of fused-ring (bicyclic) bond motifs is 6. The summed E-state index contributed by atoms with van der Waals surface area (Å²) >= 11 is 3.25. The van der Waals surface area contributed by atoms with Crippen LogP contribution in [0, 0.1) is 17.2 Å². The third-order valence-corrected chi connectivity index (χ3v) is 22.2. The van der Waals surface area contributed by atoms with Crippen LogP contribution in [-0.2, 0) is 101 Å². The number of aliphatic hydroxyl groups is 1. The molecule has 2 aromatic carbocycles. The molecular formula is C74H105N21O18S3. The molecular weight excluding hydrogens is 1570 g/mol. The predicted molar refractivity (Wildman–Crippen MR) is 428 cm³/mol. The third kappa shape index (κ3) is 28.8. The smallest absolute Gasteiger partial charge is 0.305 e. The van der Waals surface area contributed by atoms with E-state index in [4.69, 9.17) is 22.6 Å². The van der Waals surface area contributed by atoms with Crippen molar-refractivity contribution >= 4 is 147 Å². The second-order valence-corrected chi connectivity index (χ2v) is 32.5. The molecule has 2 aromatic heterocycles. The number of benzene rings is 2. The van der Waals surface area contributed by atoms with Crippen molar-refractivity contribution in [1.29, 1.82) is 5.41 Å². The Labute approximate surface area is 681 Å². The van der Waals surface area contributed by atoms with E-state index in [1.54, 1.807) is 76.4 Å². The normalized spacial score (nSPS) is 25.0. The van der Waals surface area contributed by atoms with Gasteiger partial charge in [-0.2, -0.15) is 23.5 Å². The Morgan fingerprint density at radius 3 is 1.83 bits per heavy atom. The highest BCUT2D eigenvalue weighted by Crippen LogP contribution is 2.29. The van der Waals surface area contributed by atoms with E-state index in [1.165, 1.54) is 24.3 Å². The summed E-state index contributed by atoms with van der Waals surface area (Å²) in [5.74, 6) is -17.8. The quantitative estimate of drug-likeness (QED) is 0.0231. The first-order chi connectivity index (χ1) is 55.0. The number of aromatic amines is 2. The Morgan fingerprint density at radius 2 is 1.20 bits per heavy atom. The van der Waals surface area contributed by atoms with E-state index in [1.807, 2.05) is 0 Å². The summed E-state index contributed by atoms with van der Waals surface area (Å²) in [6.07, 6.45) is 1.54. The average molecular weight is 1670 g/mol. The minimum absolute atomic E-state index is 0.000323. The summed E-state index contributed by atoms with van der Waals surface area (Å²) in [5, 5.41) is 63.2. The first-order valence-electron chi connectivity index (χ1n) is 37.9. The number of thioether (sulfide) groups is 3. The number of carbonyl (C=O) groups excluding carboxylic acids is 15. The highest BCUT2D eigenvalue weighted by molar-refractivity contribution is 7.99. The van der Waals surface area contributed by atoms with Crippen LogP contribution in [0.4, 0.5) is 0 Å². The Balaban J connectivity index is 1.36. The van der Waals surface area contributed by atoms with Crippen LogP contribution in [0.3, 0.4) is 0 Å². The minimum atomic E-state index is -1.97.